The topological polar surface area (TPSA) is 17.1 Å². The molecule has 0 radical (unpaired) electrons. The summed E-state index contributed by atoms with van der Waals surface area (Å²) >= 11 is 0. The Morgan fingerprint density at radius 3 is 2.58 bits per heavy atom. The molecule has 0 amide bonds. The van der Waals surface area contributed by atoms with E-state index in [9.17, 15) is 4.79 Å². The highest BCUT2D eigenvalue weighted by Gasteiger charge is 2.41. The zero-order chi connectivity index (χ0) is 8.60. The molecule has 2 aliphatic rings. The molecule has 0 aliphatic heterocycles. The van der Waals surface area contributed by atoms with Crippen LogP contribution in [0.4, 0.5) is 0 Å². The van der Waals surface area contributed by atoms with E-state index in [-0.39, 0.29) is 5.41 Å². The van der Waals surface area contributed by atoms with Crippen molar-refractivity contribution >= 4 is 6.29 Å². The van der Waals surface area contributed by atoms with Crippen LogP contribution in [0.1, 0.15) is 45.4 Å². The van der Waals surface area contributed by atoms with Crippen molar-refractivity contribution in [3.05, 3.63) is 0 Å². The standard InChI is InChI=1S/C11H18O/c1-9-4-5-11(6-9,8-12)7-10-2-3-10/h8-10H,2-7H2,1H3. The molecule has 1 heteroatoms. The van der Waals surface area contributed by atoms with Crippen LogP contribution in [0.2, 0.25) is 0 Å². The molecule has 68 valence electrons. The third-order valence-electron chi connectivity index (χ3n) is 3.53. The fourth-order valence-electron chi connectivity index (χ4n) is 2.67. The summed E-state index contributed by atoms with van der Waals surface area (Å²) in [7, 11) is 0. The molecule has 1 nitrogen and oxygen atoms in total. The van der Waals surface area contributed by atoms with Crippen molar-refractivity contribution in [2.24, 2.45) is 17.3 Å². The Kier molecular flexibility index (Phi) is 1.97. The Morgan fingerprint density at radius 1 is 1.42 bits per heavy atom. The van der Waals surface area contributed by atoms with Gasteiger partial charge in [-0.25, -0.2) is 0 Å². The predicted molar refractivity (Wildman–Crippen MR) is 48.9 cm³/mol. The van der Waals surface area contributed by atoms with Crippen LogP contribution in [0.15, 0.2) is 0 Å². The number of carbonyl (C=O) groups is 1. The lowest BCUT2D eigenvalue weighted by molar-refractivity contribution is -0.116. The molecule has 0 spiro atoms. The van der Waals surface area contributed by atoms with Gasteiger partial charge in [-0.1, -0.05) is 19.8 Å². The lowest BCUT2D eigenvalue weighted by Crippen LogP contribution is -2.19. The lowest BCUT2D eigenvalue weighted by atomic mass is 9.82. The van der Waals surface area contributed by atoms with E-state index in [2.05, 4.69) is 6.92 Å². The van der Waals surface area contributed by atoms with Crippen LogP contribution in [-0.2, 0) is 4.79 Å². The first kappa shape index (κ1) is 8.28. The summed E-state index contributed by atoms with van der Waals surface area (Å²) in [4.78, 5) is 11.0. The largest absolute Gasteiger partial charge is 0.303 e. The molecule has 0 aromatic heterocycles. The maximum atomic E-state index is 11.0. The van der Waals surface area contributed by atoms with Gasteiger partial charge < -0.3 is 4.79 Å². The zero-order valence-electron chi connectivity index (χ0n) is 7.88. The summed E-state index contributed by atoms with van der Waals surface area (Å²) in [6.45, 7) is 2.28. The van der Waals surface area contributed by atoms with Crippen molar-refractivity contribution in [1.82, 2.24) is 0 Å². The number of carbonyl (C=O) groups excluding carboxylic acids is 1. The maximum absolute atomic E-state index is 11.0. The van der Waals surface area contributed by atoms with Crippen LogP contribution >= 0.6 is 0 Å². The normalized spacial score (nSPS) is 41.6. The van der Waals surface area contributed by atoms with Gasteiger partial charge in [-0.15, -0.1) is 0 Å². The minimum atomic E-state index is 0.112. The third kappa shape index (κ3) is 1.55. The second-order valence-corrected chi connectivity index (χ2v) is 4.98. The van der Waals surface area contributed by atoms with Crippen LogP contribution in [0, 0.1) is 17.3 Å². The van der Waals surface area contributed by atoms with E-state index in [1.807, 2.05) is 0 Å². The van der Waals surface area contributed by atoms with E-state index in [1.54, 1.807) is 0 Å². The van der Waals surface area contributed by atoms with E-state index < -0.39 is 0 Å². The highest BCUT2D eigenvalue weighted by atomic mass is 16.1. The maximum Gasteiger partial charge on any atom is 0.126 e. The van der Waals surface area contributed by atoms with Crippen molar-refractivity contribution in [1.29, 1.82) is 0 Å². The van der Waals surface area contributed by atoms with Crippen molar-refractivity contribution < 1.29 is 4.79 Å². The first-order chi connectivity index (χ1) is 5.74. The van der Waals surface area contributed by atoms with Gasteiger partial charge in [0.05, 0.1) is 0 Å². The summed E-state index contributed by atoms with van der Waals surface area (Å²) in [6.07, 6.45) is 8.80. The highest BCUT2D eigenvalue weighted by Crippen LogP contribution is 2.49. The van der Waals surface area contributed by atoms with Gasteiger partial charge in [0.2, 0.25) is 0 Å². The quantitative estimate of drug-likeness (QED) is 0.589. The Hall–Kier alpha value is -0.330. The van der Waals surface area contributed by atoms with E-state index in [4.69, 9.17) is 0 Å². The molecule has 0 bridgehead atoms. The second kappa shape index (κ2) is 2.86. The summed E-state index contributed by atoms with van der Waals surface area (Å²) in [5, 5.41) is 0. The molecule has 12 heavy (non-hydrogen) atoms. The fraction of sp³-hybridized carbons (Fsp3) is 0.909. The Morgan fingerprint density at radius 2 is 2.17 bits per heavy atom. The Bertz CT molecular complexity index is 183. The van der Waals surface area contributed by atoms with Crippen LogP contribution < -0.4 is 0 Å². The lowest BCUT2D eigenvalue weighted by Gasteiger charge is -2.21. The highest BCUT2D eigenvalue weighted by molar-refractivity contribution is 5.60. The molecule has 0 aromatic carbocycles. The molecular weight excluding hydrogens is 148 g/mol. The molecule has 2 aliphatic carbocycles. The molecule has 0 saturated heterocycles. The van der Waals surface area contributed by atoms with Gasteiger partial charge >= 0.3 is 0 Å². The van der Waals surface area contributed by atoms with Crippen LogP contribution in [0.25, 0.3) is 0 Å². The number of hydrogen-bond donors (Lipinski definition) is 0. The molecule has 2 unspecified atom stereocenters. The van der Waals surface area contributed by atoms with Gasteiger partial charge in [0.15, 0.2) is 0 Å². The predicted octanol–water partition coefficient (Wildman–Crippen LogP) is 2.79. The van der Waals surface area contributed by atoms with E-state index in [0.29, 0.717) is 0 Å². The summed E-state index contributed by atoms with van der Waals surface area (Å²) in [6, 6.07) is 0. The monoisotopic (exact) mass is 166 g/mol. The molecular formula is C11H18O. The summed E-state index contributed by atoms with van der Waals surface area (Å²) < 4.78 is 0. The van der Waals surface area contributed by atoms with Gasteiger partial charge in [-0.05, 0) is 37.5 Å². The van der Waals surface area contributed by atoms with Gasteiger partial charge in [0.25, 0.3) is 0 Å². The average Bonchev–Trinajstić information content (AvgIpc) is 2.77. The number of rotatable bonds is 3. The van der Waals surface area contributed by atoms with E-state index in [1.165, 1.54) is 32.0 Å². The first-order valence-electron chi connectivity index (χ1n) is 5.20. The third-order valence-corrected chi connectivity index (χ3v) is 3.53. The molecule has 2 atom stereocenters. The zero-order valence-corrected chi connectivity index (χ0v) is 7.88. The number of hydrogen-bond acceptors (Lipinski definition) is 1. The van der Waals surface area contributed by atoms with Crippen LogP contribution in [-0.4, -0.2) is 6.29 Å². The Labute approximate surface area is 74.5 Å². The molecule has 2 saturated carbocycles. The second-order valence-electron chi connectivity index (χ2n) is 4.98. The average molecular weight is 166 g/mol. The van der Waals surface area contributed by atoms with Crippen LogP contribution in [0.5, 0.6) is 0 Å². The van der Waals surface area contributed by atoms with Crippen molar-refractivity contribution in [2.75, 3.05) is 0 Å². The molecule has 0 aromatic rings. The fourth-order valence-corrected chi connectivity index (χ4v) is 2.67. The van der Waals surface area contributed by atoms with Crippen molar-refractivity contribution in [3.63, 3.8) is 0 Å². The van der Waals surface area contributed by atoms with Gasteiger partial charge in [0, 0.05) is 5.41 Å². The molecule has 0 N–H and O–H groups in total. The van der Waals surface area contributed by atoms with Gasteiger partial charge in [-0.3, -0.25) is 0 Å². The van der Waals surface area contributed by atoms with E-state index >= 15 is 0 Å². The van der Waals surface area contributed by atoms with E-state index in [0.717, 1.165) is 24.7 Å². The van der Waals surface area contributed by atoms with Gasteiger partial charge in [-0.2, -0.15) is 0 Å². The first-order valence-corrected chi connectivity index (χ1v) is 5.20. The van der Waals surface area contributed by atoms with Crippen LogP contribution in [0.3, 0.4) is 0 Å². The minimum Gasteiger partial charge on any atom is -0.303 e. The van der Waals surface area contributed by atoms with Gasteiger partial charge in [0.1, 0.15) is 6.29 Å². The van der Waals surface area contributed by atoms with Crippen molar-refractivity contribution in [2.45, 2.75) is 45.4 Å². The smallest absolute Gasteiger partial charge is 0.126 e. The molecule has 2 fully saturated rings. The SMILES string of the molecule is CC1CCC(C=O)(CC2CC2)C1. The molecule has 2 rings (SSSR count). The summed E-state index contributed by atoms with van der Waals surface area (Å²) in [5.41, 5.74) is 0.112. The Balaban J connectivity index is 1.97. The minimum absolute atomic E-state index is 0.112. The summed E-state index contributed by atoms with van der Waals surface area (Å²) in [5.74, 6) is 1.69. The number of aldehydes is 1. The molecule has 0 heterocycles. The van der Waals surface area contributed by atoms with Crippen molar-refractivity contribution in [3.8, 4) is 0 Å².